The highest BCUT2D eigenvalue weighted by Gasteiger charge is 2.23. The maximum absolute atomic E-state index is 13.2. The number of benzene rings is 2. The molecule has 7 heteroatoms. The van der Waals surface area contributed by atoms with E-state index in [1.165, 1.54) is 6.07 Å². The number of alkyl halides is 1. The summed E-state index contributed by atoms with van der Waals surface area (Å²) in [5, 5.41) is 3.51. The minimum Gasteiger partial charge on any atom is -0.341 e. The lowest BCUT2D eigenvalue weighted by molar-refractivity contribution is -0.121. The molecule has 0 saturated heterocycles. The topological polar surface area (TPSA) is 79.0 Å². The summed E-state index contributed by atoms with van der Waals surface area (Å²) in [6.07, 6.45) is 9.02. The number of aromatic amines is 1. The van der Waals surface area contributed by atoms with Crippen molar-refractivity contribution in [2.45, 2.75) is 19.4 Å². The number of halogens is 1. The van der Waals surface area contributed by atoms with Crippen LogP contribution in [0.25, 0.3) is 17.0 Å². The molecule has 0 radical (unpaired) electrons. The number of allylic oxidation sites excluding steroid dienone is 2. The second kappa shape index (κ2) is 13.5. The Kier molecular flexibility index (Phi) is 10.1. The third-order valence-corrected chi connectivity index (χ3v) is 6.35. The highest BCUT2D eigenvalue weighted by Crippen LogP contribution is 2.19. The van der Waals surface area contributed by atoms with E-state index in [9.17, 15) is 14.4 Å². The Hall–Kier alpha value is -3.35. The minimum absolute atomic E-state index is 0.183. The Morgan fingerprint density at radius 3 is 2.57 bits per heavy atom. The zero-order valence-electron chi connectivity index (χ0n) is 19.4. The van der Waals surface area contributed by atoms with Gasteiger partial charge in [-0.25, -0.2) is 0 Å². The van der Waals surface area contributed by atoms with E-state index in [1.807, 2.05) is 66.7 Å². The summed E-state index contributed by atoms with van der Waals surface area (Å²) in [7, 11) is 0. The van der Waals surface area contributed by atoms with Crippen LogP contribution in [0.2, 0.25) is 0 Å². The number of aromatic nitrogens is 1. The fourth-order valence-corrected chi connectivity index (χ4v) is 4.34. The number of rotatable bonds is 10. The normalized spacial score (nSPS) is 12.9. The van der Waals surface area contributed by atoms with E-state index in [-0.39, 0.29) is 28.9 Å². The Bertz CT molecular complexity index is 1310. The number of pyridine rings is 1. The average molecular weight is 507 g/mol. The third kappa shape index (κ3) is 7.84. The van der Waals surface area contributed by atoms with Crippen molar-refractivity contribution < 1.29 is 9.59 Å². The molecule has 1 amide bonds. The molecular weight excluding hydrogens is 480 g/mol. The number of hydrogen-bond acceptors (Lipinski definition) is 4. The zero-order chi connectivity index (χ0) is 25.0. The van der Waals surface area contributed by atoms with Crippen molar-refractivity contribution >= 4 is 51.4 Å². The summed E-state index contributed by atoms with van der Waals surface area (Å²) in [6.45, 7) is 1.75. The molecule has 0 aliphatic heterocycles. The number of carbonyl (C=O) groups is 2. The standard InChI is InChI=1S/C28H27ClN2O3S/c1-2-21(13-8-16-29)27(33)31-25(28(34)35-17-9-12-20-10-4-3-5-11-20)18-22-19-26(32)30-24-15-7-6-14-23(22)24/h2-15,19,25H,16-18H2,1H3,(H,30,32)(H,31,33)/b12-9+,13-8-,21-2+. The summed E-state index contributed by atoms with van der Waals surface area (Å²) >= 11 is 6.84. The molecule has 1 heterocycles. The van der Waals surface area contributed by atoms with E-state index in [1.54, 1.807) is 25.2 Å². The Morgan fingerprint density at radius 2 is 1.83 bits per heavy atom. The van der Waals surface area contributed by atoms with E-state index in [2.05, 4.69) is 10.3 Å². The summed E-state index contributed by atoms with van der Waals surface area (Å²) in [5.74, 6) is 0.357. The molecule has 2 aromatic carbocycles. The first-order valence-corrected chi connectivity index (χ1v) is 12.7. The smallest absolute Gasteiger partial charge is 0.251 e. The van der Waals surface area contributed by atoms with Crippen molar-refractivity contribution in [3.8, 4) is 0 Å². The van der Waals surface area contributed by atoms with Crippen molar-refractivity contribution in [2.75, 3.05) is 11.6 Å². The number of hydrogen-bond donors (Lipinski definition) is 2. The molecule has 0 fully saturated rings. The number of thioether (sulfide) groups is 1. The van der Waals surface area contributed by atoms with Gasteiger partial charge in [0.25, 0.3) is 5.91 Å². The summed E-state index contributed by atoms with van der Waals surface area (Å²) in [6, 6.07) is 17.9. The Balaban J connectivity index is 1.82. The van der Waals surface area contributed by atoms with E-state index < -0.39 is 6.04 Å². The van der Waals surface area contributed by atoms with Crippen LogP contribution in [0.5, 0.6) is 0 Å². The summed E-state index contributed by atoms with van der Waals surface area (Å²) in [4.78, 5) is 41.2. The van der Waals surface area contributed by atoms with Crippen molar-refractivity contribution in [1.29, 1.82) is 0 Å². The second-order valence-corrected chi connectivity index (χ2v) is 9.01. The quantitative estimate of drug-likeness (QED) is 0.223. The molecule has 1 unspecified atom stereocenters. The highest BCUT2D eigenvalue weighted by atomic mass is 35.5. The molecule has 0 bridgehead atoms. The zero-order valence-corrected chi connectivity index (χ0v) is 20.9. The van der Waals surface area contributed by atoms with Gasteiger partial charge in [0.15, 0.2) is 0 Å². The number of nitrogens with one attached hydrogen (secondary N) is 2. The van der Waals surface area contributed by atoms with Gasteiger partial charge < -0.3 is 10.3 Å². The molecule has 3 aromatic rings. The van der Waals surface area contributed by atoms with Gasteiger partial charge in [0.1, 0.15) is 6.04 Å². The molecule has 0 aliphatic carbocycles. The van der Waals surface area contributed by atoms with Gasteiger partial charge in [-0.1, -0.05) is 90.7 Å². The van der Waals surface area contributed by atoms with Gasteiger partial charge in [0, 0.05) is 40.6 Å². The van der Waals surface area contributed by atoms with Gasteiger partial charge in [-0.05, 0) is 24.1 Å². The van der Waals surface area contributed by atoms with E-state index in [4.69, 9.17) is 11.6 Å². The first kappa shape index (κ1) is 26.3. The van der Waals surface area contributed by atoms with Gasteiger partial charge in [-0.15, -0.1) is 11.6 Å². The summed E-state index contributed by atoms with van der Waals surface area (Å²) < 4.78 is 0. The molecule has 3 rings (SSSR count). The van der Waals surface area contributed by atoms with Crippen LogP contribution in [-0.4, -0.2) is 33.7 Å². The third-order valence-electron chi connectivity index (χ3n) is 5.24. The monoisotopic (exact) mass is 506 g/mol. The molecule has 0 saturated carbocycles. The molecule has 0 aliphatic rings. The van der Waals surface area contributed by atoms with E-state index >= 15 is 0 Å². The first-order valence-electron chi connectivity index (χ1n) is 11.2. The highest BCUT2D eigenvalue weighted by molar-refractivity contribution is 8.13. The van der Waals surface area contributed by atoms with Crippen molar-refractivity contribution in [3.63, 3.8) is 0 Å². The van der Waals surface area contributed by atoms with Crippen LogP contribution in [0.4, 0.5) is 0 Å². The lowest BCUT2D eigenvalue weighted by Crippen LogP contribution is -2.42. The van der Waals surface area contributed by atoms with Gasteiger partial charge >= 0.3 is 0 Å². The average Bonchev–Trinajstić information content (AvgIpc) is 2.87. The molecule has 2 N–H and O–H groups in total. The SMILES string of the molecule is C/C=C(\C=C/CCl)C(=O)NC(Cc1cc(=O)[nH]c2ccccc12)C(=O)SC/C=C/c1ccccc1. The maximum Gasteiger partial charge on any atom is 0.251 e. The van der Waals surface area contributed by atoms with Crippen molar-refractivity contribution in [3.05, 3.63) is 112 Å². The second-order valence-electron chi connectivity index (χ2n) is 7.68. The molecule has 5 nitrogen and oxygen atoms in total. The van der Waals surface area contributed by atoms with Crippen molar-refractivity contribution in [2.24, 2.45) is 0 Å². The number of amides is 1. The van der Waals surface area contributed by atoms with Crippen LogP contribution in [-0.2, 0) is 16.0 Å². The van der Waals surface area contributed by atoms with Gasteiger partial charge in [0.2, 0.25) is 10.7 Å². The predicted molar refractivity (Wildman–Crippen MR) is 147 cm³/mol. The molecule has 35 heavy (non-hydrogen) atoms. The number of para-hydroxylation sites is 1. The van der Waals surface area contributed by atoms with Crippen LogP contribution in [0, 0.1) is 0 Å². The van der Waals surface area contributed by atoms with Crippen LogP contribution < -0.4 is 10.9 Å². The summed E-state index contributed by atoms with van der Waals surface area (Å²) in [5.41, 5.74) is 2.58. The lowest BCUT2D eigenvalue weighted by atomic mass is 10.0. The van der Waals surface area contributed by atoms with Gasteiger partial charge in [-0.2, -0.15) is 0 Å². The molecule has 0 spiro atoms. The Labute approximate surface area is 214 Å². The van der Waals surface area contributed by atoms with Crippen molar-refractivity contribution in [1.82, 2.24) is 10.3 Å². The predicted octanol–water partition coefficient (Wildman–Crippen LogP) is 5.27. The van der Waals surface area contributed by atoms with E-state index in [0.29, 0.717) is 22.4 Å². The Morgan fingerprint density at radius 1 is 1.09 bits per heavy atom. The van der Waals surface area contributed by atoms with Crippen LogP contribution in [0.3, 0.4) is 0 Å². The molecular formula is C28H27ClN2O3S. The largest absolute Gasteiger partial charge is 0.341 e. The van der Waals surface area contributed by atoms with E-state index in [0.717, 1.165) is 22.7 Å². The number of H-pyrrole nitrogens is 1. The fourth-order valence-electron chi connectivity index (χ4n) is 3.55. The van der Waals surface area contributed by atoms with Crippen LogP contribution in [0.1, 0.15) is 18.1 Å². The number of carbonyl (C=O) groups excluding carboxylic acids is 2. The number of fused-ring (bicyclic) bond motifs is 1. The molecule has 1 atom stereocenters. The lowest BCUT2D eigenvalue weighted by Gasteiger charge is -2.18. The molecule has 1 aromatic heterocycles. The van der Waals surface area contributed by atoms with Crippen LogP contribution >= 0.6 is 23.4 Å². The first-order chi connectivity index (χ1) is 17.0. The maximum atomic E-state index is 13.2. The van der Waals surface area contributed by atoms with Gasteiger partial charge in [-0.3, -0.25) is 14.4 Å². The fraction of sp³-hybridized carbons (Fsp3) is 0.179. The van der Waals surface area contributed by atoms with Crippen LogP contribution in [0.15, 0.2) is 95.3 Å². The molecule has 180 valence electrons. The minimum atomic E-state index is -0.817. The van der Waals surface area contributed by atoms with Gasteiger partial charge in [0.05, 0.1) is 0 Å².